The van der Waals surface area contributed by atoms with Crippen LogP contribution in [0.15, 0.2) is 42.5 Å². The number of para-hydroxylation sites is 1. The second-order valence-electron chi connectivity index (χ2n) is 9.43. The summed E-state index contributed by atoms with van der Waals surface area (Å²) in [6, 6.07) is 13.2. The summed E-state index contributed by atoms with van der Waals surface area (Å²) in [4.78, 5) is 0. The Morgan fingerprint density at radius 1 is 0.711 bits per heavy atom. The van der Waals surface area contributed by atoms with E-state index >= 15 is 0 Å². The summed E-state index contributed by atoms with van der Waals surface area (Å²) in [7, 11) is 9.41. The van der Waals surface area contributed by atoms with Gasteiger partial charge in [0.15, 0.2) is 29.1 Å². The highest BCUT2D eigenvalue weighted by Crippen LogP contribution is 2.58. The number of fused-ring (bicyclic) bond motifs is 3. The second kappa shape index (κ2) is 10.9. The molecule has 204 valence electrons. The standard InChI is InChI=1S/C30H36O8/c1-17-14-18-15-21(32-3)25(34-5)27(36-7)23(18)24-20(16-22(33-4)26(35-6)28(24)37-8)29(30(17,2)31)38-19-12-10-9-11-13-19/h9-13,15-17,29,31H,14H2,1-8H3/t17-,29-,30-/m1/s1. The van der Waals surface area contributed by atoms with Crippen molar-refractivity contribution in [3.8, 4) is 51.4 Å². The Labute approximate surface area is 224 Å². The van der Waals surface area contributed by atoms with Crippen LogP contribution in [-0.4, -0.2) is 53.4 Å². The maximum Gasteiger partial charge on any atom is 0.203 e. The van der Waals surface area contributed by atoms with Crippen molar-refractivity contribution >= 4 is 0 Å². The molecule has 8 heteroatoms. The Bertz CT molecular complexity index is 1290. The van der Waals surface area contributed by atoms with E-state index in [1.54, 1.807) is 49.6 Å². The lowest BCUT2D eigenvalue weighted by molar-refractivity contribution is -0.0871. The Morgan fingerprint density at radius 2 is 1.24 bits per heavy atom. The molecule has 0 bridgehead atoms. The van der Waals surface area contributed by atoms with E-state index in [0.29, 0.717) is 57.8 Å². The first-order valence-corrected chi connectivity index (χ1v) is 12.4. The molecule has 1 aliphatic rings. The molecule has 0 heterocycles. The van der Waals surface area contributed by atoms with Crippen molar-refractivity contribution in [1.29, 1.82) is 0 Å². The predicted molar refractivity (Wildman–Crippen MR) is 144 cm³/mol. The molecule has 0 radical (unpaired) electrons. The van der Waals surface area contributed by atoms with Crippen molar-refractivity contribution in [1.82, 2.24) is 0 Å². The average molecular weight is 525 g/mol. The molecule has 3 aromatic rings. The summed E-state index contributed by atoms with van der Waals surface area (Å²) in [5, 5.41) is 12.1. The molecule has 1 N–H and O–H groups in total. The van der Waals surface area contributed by atoms with Gasteiger partial charge in [-0.1, -0.05) is 25.1 Å². The van der Waals surface area contributed by atoms with E-state index in [9.17, 15) is 5.11 Å². The fourth-order valence-electron chi connectivity index (χ4n) is 5.21. The van der Waals surface area contributed by atoms with Crippen molar-refractivity contribution in [3.63, 3.8) is 0 Å². The Balaban J connectivity index is 2.20. The molecule has 0 spiro atoms. The van der Waals surface area contributed by atoms with E-state index in [0.717, 1.165) is 11.1 Å². The van der Waals surface area contributed by atoms with Gasteiger partial charge in [-0.05, 0) is 49.1 Å². The fraction of sp³-hybridized carbons (Fsp3) is 0.400. The molecular formula is C30H36O8. The van der Waals surface area contributed by atoms with Crippen molar-refractivity contribution in [2.75, 3.05) is 42.7 Å². The third-order valence-corrected chi connectivity index (χ3v) is 7.36. The van der Waals surface area contributed by atoms with E-state index in [1.807, 2.05) is 49.4 Å². The van der Waals surface area contributed by atoms with Gasteiger partial charge in [0.1, 0.15) is 11.4 Å². The van der Waals surface area contributed by atoms with Crippen LogP contribution >= 0.6 is 0 Å². The molecule has 0 amide bonds. The van der Waals surface area contributed by atoms with Crippen molar-refractivity contribution < 1.29 is 38.3 Å². The third kappa shape index (κ3) is 4.43. The van der Waals surface area contributed by atoms with Gasteiger partial charge in [-0.25, -0.2) is 0 Å². The van der Waals surface area contributed by atoms with E-state index in [4.69, 9.17) is 33.2 Å². The molecule has 0 saturated carbocycles. The maximum absolute atomic E-state index is 12.1. The summed E-state index contributed by atoms with van der Waals surface area (Å²) >= 11 is 0. The van der Waals surface area contributed by atoms with Crippen LogP contribution in [-0.2, 0) is 6.42 Å². The van der Waals surface area contributed by atoms with E-state index in [-0.39, 0.29) is 5.92 Å². The first kappa shape index (κ1) is 27.3. The van der Waals surface area contributed by atoms with Crippen LogP contribution in [0.1, 0.15) is 31.1 Å². The highest BCUT2D eigenvalue weighted by molar-refractivity contribution is 5.89. The van der Waals surface area contributed by atoms with Crippen LogP contribution in [0.5, 0.6) is 40.2 Å². The molecule has 8 nitrogen and oxygen atoms in total. The number of hydrogen-bond acceptors (Lipinski definition) is 8. The maximum atomic E-state index is 12.1. The zero-order valence-corrected chi connectivity index (χ0v) is 23.2. The molecule has 1 aliphatic carbocycles. The van der Waals surface area contributed by atoms with Crippen LogP contribution in [0.3, 0.4) is 0 Å². The van der Waals surface area contributed by atoms with E-state index in [1.165, 1.54) is 0 Å². The molecule has 38 heavy (non-hydrogen) atoms. The van der Waals surface area contributed by atoms with Gasteiger partial charge in [0.25, 0.3) is 0 Å². The molecule has 0 saturated heterocycles. The first-order valence-electron chi connectivity index (χ1n) is 12.4. The molecule has 0 fully saturated rings. The van der Waals surface area contributed by atoms with Gasteiger partial charge in [0.05, 0.1) is 42.7 Å². The Hall–Kier alpha value is -3.78. The monoisotopic (exact) mass is 524 g/mol. The van der Waals surface area contributed by atoms with Gasteiger partial charge in [0, 0.05) is 16.7 Å². The normalized spacial score (nSPS) is 20.2. The van der Waals surface area contributed by atoms with Crippen LogP contribution in [0, 0.1) is 5.92 Å². The lowest BCUT2D eigenvalue weighted by Gasteiger charge is -2.41. The number of rotatable bonds is 8. The number of benzene rings is 3. The second-order valence-corrected chi connectivity index (χ2v) is 9.43. The first-order chi connectivity index (χ1) is 18.3. The zero-order valence-electron chi connectivity index (χ0n) is 23.2. The van der Waals surface area contributed by atoms with Gasteiger partial charge in [-0.15, -0.1) is 0 Å². The molecule has 0 aromatic heterocycles. The molecule has 0 aliphatic heterocycles. The van der Waals surface area contributed by atoms with Crippen LogP contribution < -0.4 is 33.2 Å². The van der Waals surface area contributed by atoms with Gasteiger partial charge >= 0.3 is 0 Å². The van der Waals surface area contributed by atoms with Gasteiger partial charge in [0.2, 0.25) is 11.5 Å². The Kier molecular flexibility index (Phi) is 7.83. The number of aliphatic hydroxyl groups is 1. The summed E-state index contributed by atoms with van der Waals surface area (Å²) in [5.74, 6) is 3.07. The predicted octanol–water partition coefficient (Wildman–Crippen LogP) is 5.47. The fourth-order valence-corrected chi connectivity index (χ4v) is 5.21. The summed E-state index contributed by atoms with van der Waals surface area (Å²) in [6.45, 7) is 3.79. The van der Waals surface area contributed by atoms with E-state index in [2.05, 4.69) is 0 Å². The summed E-state index contributed by atoms with van der Waals surface area (Å²) in [5.41, 5.74) is 1.60. The van der Waals surface area contributed by atoms with Crippen molar-refractivity contribution in [3.05, 3.63) is 53.6 Å². The topological polar surface area (TPSA) is 84.8 Å². The minimum atomic E-state index is -1.31. The number of hydrogen-bond donors (Lipinski definition) is 1. The smallest absolute Gasteiger partial charge is 0.203 e. The molecule has 3 atom stereocenters. The van der Waals surface area contributed by atoms with Gasteiger partial charge in [-0.3, -0.25) is 0 Å². The van der Waals surface area contributed by atoms with Crippen LogP contribution in [0.25, 0.3) is 11.1 Å². The minimum Gasteiger partial charge on any atom is -0.493 e. The minimum absolute atomic E-state index is 0.245. The van der Waals surface area contributed by atoms with Crippen molar-refractivity contribution in [2.24, 2.45) is 5.92 Å². The largest absolute Gasteiger partial charge is 0.493 e. The van der Waals surface area contributed by atoms with E-state index < -0.39 is 11.7 Å². The summed E-state index contributed by atoms with van der Waals surface area (Å²) in [6.07, 6.45) is -0.320. The number of ether oxygens (including phenoxy) is 7. The van der Waals surface area contributed by atoms with Gasteiger partial charge in [-0.2, -0.15) is 0 Å². The highest BCUT2D eigenvalue weighted by atomic mass is 16.5. The summed E-state index contributed by atoms with van der Waals surface area (Å²) < 4.78 is 41.4. The van der Waals surface area contributed by atoms with Crippen molar-refractivity contribution in [2.45, 2.75) is 32.0 Å². The highest BCUT2D eigenvalue weighted by Gasteiger charge is 2.46. The lowest BCUT2D eigenvalue weighted by Crippen LogP contribution is -2.44. The lowest BCUT2D eigenvalue weighted by atomic mass is 9.73. The SMILES string of the molecule is COc1cc2c(c(OC)c1OC)-c1c(cc(OC)c(OC)c1OC)[C@@H](Oc1ccccc1)[C@](C)(O)[C@H](C)C2. The molecule has 3 aromatic carbocycles. The Morgan fingerprint density at radius 3 is 1.76 bits per heavy atom. The zero-order chi connectivity index (χ0) is 27.6. The van der Waals surface area contributed by atoms with Crippen LogP contribution in [0.4, 0.5) is 0 Å². The average Bonchev–Trinajstić information content (AvgIpc) is 2.93. The van der Waals surface area contributed by atoms with Crippen LogP contribution in [0.2, 0.25) is 0 Å². The van der Waals surface area contributed by atoms with Gasteiger partial charge < -0.3 is 38.3 Å². The molecule has 0 unspecified atom stereocenters. The molecule has 4 rings (SSSR count). The third-order valence-electron chi connectivity index (χ3n) is 7.36. The quantitative estimate of drug-likeness (QED) is 0.415. The number of methoxy groups -OCH3 is 6. The molecular weight excluding hydrogens is 488 g/mol.